The number of halogens is 1. The van der Waals surface area contributed by atoms with Gasteiger partial charge in [-0.2, -0.15) is 0 Å². The van der Waals surface area contributed by atoms with Crippen molar-refractivity contribution in [1.82, 2.24) is 14.6 Å². The van der Waals surface area contributed by atoms with Crippen molar-refractivity contribution in [2.24, 2.45) is 5.73 Å². The molecule has 0 atom stereocenters. The summed E-state index contributed by atoms with van der Waals surface area (Å²) in [6, 6.07) is 10.2. The highest BCUT2D eigenvalue weighted by Crippen LogP contribution is 2.31. The van der Waals surface area contributed by atoms with E-state index in [2.05, 4.69) is 15.4 Å². The van der Waals surface area contributed by atoms with E-state index in [-0.39, 0.29) is 30.5 Å². The third-order valence-electron chi connectivity index (χ3n) is 4.79. The zero-order valence-electron chi connectivity index (χ0n) is 17.0. The van der Waals surface area contributed by atoms with E-state index in [9.17, 15) is 19.4 Å². The lowest BCUT2D eigenvalue weighted by Gasteiger charge is -2.12. The Morgan fingerprint density at radius 2 is 2.06 bits per heavy atom. The number of amides is 1. The van der Waals surface area contributed by atoms with Crippen LogP contribution < -0.4 is 15.8 Å². The lowest BCUT2D eigenvalue weighted by atomic mass is 10.0. The number of nitrogens with two attached hydrogens (primary N) is 1. The van der Waals surface area contributed by atoms with Crippen molar-refractivity contribution in [3.05, 3.63) is 65.6 Å². The highest BCUT2D eigenvalue weighted by molar-refractivity contribution is 5.94. The third-order valence-corrected chi connectivity index (χ3v) is 4.79. The van der Waals surface area contributed by atoms with Gasteiger partial charge < -0.3 is 26.0 Å². The molecular formula is C22H20FN5O4. The Balaban J connectivity index is 1.82. The molecule has 4 aromatic rings. The van der Waals surface area contributed by atoms with Gasteiger partial charge in [-0.3, -0.25) is 4.79 Å². The normalized spacial score (nSPS) is 11.0. The van der Waals surface area contributed by atoms with Crippen LogP contribution in [-0.4, -0.2) is 43.9 Å². The van der Waals surface area contributed by atoms with Gasteiger partial charge in [0.25, 0.3) is 0 Å². The number of rotatable bonds is 7. The quantitative estimate of drug-likeness (QED) is 0.349. The molecule has 10 heteroatoms. The highest BCUT2D eigenvalue weighted by Gasteiger charge is 2.16. The first-order valence-corrected chi connectivity index (χ1v) is 9.68. The molecule has 0 bridgehead atoms. The van der Waals surface area contributed by atoms with Crippen LogP contribution in [-0.2, 0) is 0 Å². The van der Waals surface area contributed by atoms with E-state index in [1.165, 1.54) is 22.7 Å². The number of fused-ring (bicyclic) bond motifs is 1. The number of nitrogens with zero attached hydrogens (tertiary/aromatic N) is 3. The zero-order valence-corrected chi connectivity index (χ0v) is 17.0. The predicted molar refractivity (Wildman–Crippen MR) is 115 cm³/mol. The fraction of sp³-hybridized carbons (Fsp3) is 0.136. The van der Waals surface area contributed by atoms with Crippen LogP contribution >= 0.6 is 0 Å². The van der Waals surface area contributed by atoms with Gasteiger partial charge in [0, 0.05) is 29.8 Å². The number of anilines is 1. The molecule has 5 N–H and O–H groups in total. The number of aliphatic hydroxyl groups excluding tert-OH is 1. The molecule has 2 aromatic heterocycles. The number of hydrogen-bond donors (Lipinski definition) is 4. The van der Waals surface area contributed by atoms with Crippen molar-refractivity contribution < 1.29 is 24.1 Å². The summed E-state index contributed by atoms with van der Waals surface area (Å²) in [5.41, 5.74) is 8.81. The topological polar surface area (TPSA) is 135 Å². The maximum atomic E-state index is 14.2. The van der Waals surface area contributed by atoms with Gasteiger partial charge in [-0.25, -0.2) is 13.9 Å². The number of aliphatic hydroxyl groups is 1. The number of nitrogens with one attached hydrogen (secondary N) is 1. The first-order valence-electron chi connectivity index (χ1n) is 9.68. The molecule has 32 heavy (non-hydrogen) atoms. The van der Waals surface area contributed by atoms with E-state index >= 15 is 0 Å². The van der Waals surface area contributed by atoms with E-state index < -0.39 is 11.7 Å². The molecule has 1 amide bonds. The van der Waals surface area contributed by atoms with Crippen LogP contribution in [0.1, 0.15) is 15.9 Å². The molecule has 9 nitrogen and oxygen atoms in total. The molecule has 0 aliphatic heterocycles. The number of aromatic hydroxyl groups is 1. The average molecular weight is 437 g/mol. The number of carbonyl (C=O) groups excluding carboxylic acids is 1. The molecule has 0 aliphatic carbocycles. The minimum absolute atomic E-state index is 0.0623. The Labute approximate surface area is 181 Å². The minimum atomic E-state index is -0.750. The maximum Gasteiger partial charge on any atom is 0.248 e. The molecule has 0 spiro atoms. The molecule has 0 saturated heterocycles. The first kappa shape index (κ1) is 21.1. The van der Waals surface area contributed by atoms with Crippen molar-refractivity contribution in [3.8, 4) is 28.6 Å². The largest absolute Gasteiger partial charge is 0.508 e. The number of imidazole rings is 1. The van der Waals surface area contributed by atoms with Gasteiger partial charge in [-0.1, -0.05) is 6.07 Å². The molecule has 164 valence electrons. The SMILES string of the molecule is Cc1cc(-c2cnc3c(NCCO)cc(Oc4ccc(O)cc4F)nn23)ccc1C(N)=O. The molecular weight excluding hydrogens is 417 g/mol. The molecule has 4 rings (SSSR count). The summed E-state index contributed by atoms with van der Waals surface area (Å²) >= 11 is 0. The summed E-state index contributed by atoms with van der Waals surface area (Å²) in [6.07, 6.45) is 1.61. The summed E-state index contributed by atoms with van der Waals surface area (Å²) < 4.78 is 21.3. The van der Waals surface area contributed by atoms with Crippen molar-refractivity contribution in [2.75, 3.05) is 18.5 Å². The lowest BCUT2D eigenvalue weighted by molar-refractivity contribution is 0.0999. The fourth-order valence-electron chi connectivity index (χ4n) is 3.30. The molecule has 0 unspecified atom stereocenters. The number of hydrogen-bond acceptors (Lipinski definition) is 7. The lowest BCUT2D eigenvalue weighted by Crippen LogP contribution is -2.12. The van der Waals surface area contributed by atoms with E-state index in [0.717, 1.165) is 11.6 Å². The number of ether oxygens (including phenoxy) is 1. The standard InChI is InChI=1S/C22H20FN5O4/c1-12-8-13(2-4-15(12)21(24)31)18-11-26-22-17(25-6-7-29)10-20(27-28(18)22)32-19-5-3-14(30)9-16(19)23/h2-5,8-11,25,29-30H,6-7H2,1H3,(H2,24,31). The number of phenolic OH excluding ortho intramolecular Hbond substituents is 1. The van der Waals surface area contributed by atoms with Crippen LogP contribution in [0.3, 0.4) is 0 Å². The maximum absolute atomic E-state index is 14.2. The van der Waals surface area contributed by atoms with Crippen molar-refractivity contribution in [3.63, 3.8) is 0 Å². The summed E-state index contributed by atoms with van der Waals surface area (Å²) in [5.74, 6) is -1.55. The number of phenols is 1. The van der Waals surface area contributed by atoms with Crippen LogP contribution in [0.5, 0.6) is 17.4 Å². The average Bonchev–Trinajstić information content (AvgIpc) is 3.18. The molecule has 2 aromatic carbocycles. The van der Waals surface area contributed by atoms with Crippen LogP contribution in [0.25, 0.3) is 16.9 Å². The summed E-state index contributed by atoms with van der Waals surface area (Å²) in [7, 11) is 0. The van der Waals surface area contributed by atoms with E-state index in [0.29, 0.717) is 28.2 Å². The number of aromatic nitrogens is 3. The van der Waals surface area contributed by atoms with Crippen LogP contribution in [0.15, 0.2) is 48.7 Å². The highest BCUT2D eigenvalue weighted by atomic mass is 19.1. The molecule has 2 heterocycles. The first-order chi connectivity index (χ1) is 15.4. The molecule has 0 aliphatic rings. The second-order valence-corrected chi connectivity index (χ2v) is 7.04. The number of primary amides is 1. The molecule has 0 saturated carbocycles. The minimum Gasteiger partial charge on any atom is -0.508 e. The second-order valence-electron chi connectivity index (χ2n) is 7.04. The van der Waals surface area contributed by atoms with Gasteiger partial charge in [-0.15, -0.1) is 5.10 Å². The zero-order chi connectivity index (χ0) is 22.8. The smallest absolute Gasteiger partial charge is 0.248 e. The Kier molecular flexibility index (Phi) is 5.61. The summed E-state index contributed by atoms with van der Waals surface area (Å²) in [6.45, 7) is 1.91. The summed E-state index contributed by atoms with van der Waals surface area (Å²) in [4.78, 5) is 16.0. The van der Waals surface area contributed by atoms with E-state index in [1.54, 1.807) is 31.3 Å². The molecule has 0 radical (unpaired) electrons. The fourth-order valence-corrected chi connectivity index (χ4v) is 3.30. The van der Waals surface area contributed by atoms with Crippen molar-refractivity contribution >= 4 is 17.2 Å². The van der Waals surface area contributed by atoms with E-state index in [4.69, 9.17) is 10.5 Å². The van der Waals surface area contributed by atoms with Crippen molar-refractivity contribution in [1.29, 1.82) is 0 Å². The number of carbonyl (C=O) groups is 1. The van der Waals surface area contributed by atoms with Gasteiger partial charge in [0.2, 0.25) is 11.8 Å². The summed E-state index contributed by atoms with van der Waals surface area (Å²) in [5, 5.41) is 26.1. The Hall–Kier alpha value is -4.18. The van der Waals surface area contributed by atoms with Crippen LogP contribution in [0, 0.1) is 12.7 Å². The third kappa shape index (κ3) is 4.03. The van der Waals surface area contributed by atoms with Crippen LogP contribution in [0.4, 0.5) is 10.1 Å². The monoisotopic (exact) mass is 437 g/mol. The Bertz CT molecular complexity index is 1320. The van der Waals surface area contributed by atoms with Gasteiger partial charge in [-0.05, 0) is 36.8 Å². The number of aryl methyl sites for hydroxylation is 1. The van der Waals surface area contributed by atoms with Gasteiger partial charge in [0.15, 0.2) is 17.2 Å². The Morgan fingerprint density at radius 3 is 2.75 bits per heavy atom. The van der Waals surface area contributed by atoms with E-state index in [1.807, 2.05) is 0 Å². The number of benzene rings is 2. The van der Waals surface area contributed by atoms with Gasteiger partial charge in [0.1, 0.15) is 5.75 Å². The van der Waals surface area contributed by atoms with Gasteiger partial charge >= 0.3 is 0 Å². The van der Waals surface area contributed by atoms with Crippen molar-refractivity contribution in [2.45, 2.75) is 6.92 Å². The second kappa shape index (κ2) is 8.52. The van der Waals surface area contributed by atoms with Crippen LogP contribution in [0.2, 0.25) is 0 Å². The Morgan fingerprint density at radius 1 is 1.25 bits per heavy atom. The predicted octanol–water partition coefficient (Wildman–Crippen LogP) is 2.84. The van der Waals surface area contributed by atoms with Gasteiger partial charge in [0.05, 0.1) is 24.2 Å². The molecule has 0 fully saturated rings.